The largest absolute Gasteiger partial charge is 0.343 e. The van der Waals surface area contributed by atoms with Crippen molar-refractivity contribution in [2.75, 3.05) is 6.54 Å². The molecule has 0 unspecified atom stereocenters. The van der Waals surface area contributed by atoms with Crippen molar-refractivity contribution >= 4 is 11.8 Å². The number of likely N-dealkylation sites (tertiary alicyclic amines) is 1. The molecule has 0 aliphatic carbocycles. The lowest BCUT2D eigenvalue weighted by Crippen LogP contribution is -2.48. The van der Waals surface area contributed by atoms with Gasteiger partial charge in [0.2, 0.25) is 11.8 Å². The van der Waals surface area contributed by atoms with Crippen LogP contribution >= 0.6 is 0 Å². The van der Waals surface area contributed by atoms with E-state index >= 15 is 0 Å². The quantitative estimate of drug-likeness (QED) is 0.601. The molecular formula is C25H28FN5O2. The molecule has 1 saturated heterocycles. The minimum atomic E-state index is -1.25. The number of alkyl halides is 1. The first-order chi connectivity index (χ1) is 15.9. The molecule has 7 nitrogen and oxygen atoms in total. The van der Waals surface area contributed by atoms with Crippen LogP contribution in [-0.4, -0.2) is 50.5 Å². The van der Waals surface area contributed by atoms with E-state index in [1.807, 2.05) is 42.5 Å². The van der Waals surface area contributed by atoms with Gasteiger partial charge >= 0.3 is 0 Å². The predicted molar refractivity (Wildman–Crippen MR) is 122 cm³/mol. The van der Waals surface area contributed by atoms with E-state index in [1.165, 1.54) is 27.7 Å². The van der Waals surface area contributed by atoms with Crippen molar-refractivity contribution in [3.63, 3.8) is 0 Å². The van der Waals surface area contributed by atoms with Gasteiger partial charge in [0.15, 0.2) is 0 Å². The van der Waals surface area contributed by atoms with E-state index in [9.17, 15) is 14.0 Å². The van der Waals surface area contributed by atoms with Gasteiger partial charge in [-0.05, 0) is 22.6 Å². The maximum Gasteiger partial charge on any atom is 0.246 e. The lowest BCUT2D eigenvalue weighted by molar-refractivity contribution is -0.139. The molecule has 2 amide bonds. The Bertz CT molecular complexity index is 1070. The third-order valence-electron chi connectivity index (χ3n) is 5.97. The Morgan fingerprint density at radius 1 is 1.00 bits per heavy atom. The lowest BCUT2D eigenvalue weighted by atomic mass is 9.95. The summed E-state index contributed by atoms with van der Waals surface area (Å²) in [5.74, 6) is -0.365. The number of amides is 2. The zero-order chi connectivity index (χ0) is 23.4. The smallest absolute Gasteiger partial charge is 0.246 e. The number of hydrogen-bond donors (Lipinski definition) is 1. The molecule has 1 aliphatic heterocycles. The molecule has 0 saturated carbocycles. The molecule has 1 aromatic heterocycles. The molecule has 8 heteroatoms. The second-order valence-electron chi connectivity index (χ2n) is 8.63. The Morgan fingerprint density at radius 3 is 2.24 bits per heavy atom. The first-order valence-electron chi connectivity index (χ1n) is 11.1. The van der Waals surface area contributed by atoms with E-state index in [4.69, 9.17) is 0 Å². The Balaban J connectivity index is 1.56. The number of rotatable bonds is 7. The van der Waals surface area contributed by atoms with Gasteiger partial charge in [0.1, 0.15) is 18.8 Å². The molecule has 0 spiro atoms. The van der Waals surface area contributed by atoms with Crippen molar-refractivity contribution in [2.45, 2.75) is 51.0 Å². The Kier molecular flexibility index (Phi) is 6.82. The SMILES string of the molecule is CC(C)c1ccc([C@@H](NC(=O)[C@@H]2C[C@@H](F)CN2C(=O)Cn2nccn2)c2ccccc2)cc1. The summed E-state index contributed by atoms with van der Waals surface area (Å²) in [6.07, 6.45) is 1.65. The predicted octanol–water partition coefficient (Wildman–Crippen LogP) is 3.25. The fourth-order valence-electron chi connectivity index (χ4n) is 4.16. The zero-order valence-electron chi connectivity index (χ0n) is 18.8. The van der Waals surface area contributed by atoms with Crippen LogP contribution in [0.15, 0.2) is 67.0 Å². The van der Waals surface area contributed by atoms with Crippen molar-refractivity contribution in [3.8, 4) is 0 Å². The molecule has 33 heavy (non-hydrogen) atoms. The van der Waals surface area contributed by atoms with E-state index < -0.39 is 18.3 Å². The van der Waals surface area contributed by atoms with E-state index in [0.717, 1.165) is 11.1 Å². The molecule has 2 aromatic carbocycles. The summed E-state index contributed by atoms with van der Waals surface area (Å²) in [6, 6.07) is 16.5. The molecule has 1 aliphatic rings. The summed E-state index contributed by atoms with van der Waals surface area (Å²) in [4.78, 5) is 28.6. The fourth-order valence-corrected chi connectivity index (χ4v) is 4.16. The maximum atomic E-state index is 14.3. The number of halogens is 1. The van der Waals surface area contributed by atoms with Crippen LogP contribution in [0.5, 0.6) is 0 Å². The monoisotopic (exact) mass is 449 g/mol. The second-order valence-corrected chi connectivity index (χ2v) is 8.63. The van der Waals surface area contributed by atoms with Gasteiger partial charge in [-0.1, -0.05) is 68.4 Å². The summed E-state index contributed by atoms with van der Waals surface area (Å²) in [5, 5.41) is 10.9. The Labute approximate surface area is 192 Å². The summed E-state index contributed by atoms with van der Waals surface area (Å²) >= 11 is 0. The minimum absolute atomic E-state index is 0.0299. The molecule has 0 bridgehead atoms. The summed E-state index contributed by atoms with van der Waals surface area (Å²) in [7, 11) is 0. The molecule has 0 radical (unpaired) electrons. The summed E-state index contributed by atoms with van der Waals surface area (Å²) in [6.45, 7) is 4.01. The van der Waals surface area contributed by atoms with Crippen LogP contribution in [0.25, 0.3) is 0 Å². The Hall–Kier alpha value is -3.55. The van der Waals surface area contributed by atoms with Crippen LogP contribution < -0.4 is 5.32 Å². The van der Waals surface area contributed by atoms with Crippen molar-refractivity contribution in [2.24, 2.45) is 0 Å². The van der Waals surface area contributed by atoms with E-state index in [-0.39, 0.29) is 31.3 Å². The standard InChI is InChI=1S/C25H28FN5O2/c1-17(2)18-8-10-20(11-9-18)24(19-6-4-3-5-7-19)29-25(33)22-14-21(26)15-30(22)23(32)16-31-27-12-13-28-31/h3-13,17,21-22,24H,14-16H2,1-2H3,(H,29,33)/t21-,22+,24+/m1/s1. The first-order valence-corrected chi connectivity index (χ1v) is 11.1. The molecule has 2 heterocycles. The van der Waals surface area contributed by atoms with E-state index in [0.29, 0.717) is 5.92 Å². The highest BCUT2D eigenvalue weighted by Crippen LogP contribution is 2.27. The number of hydrogen-bond acceptors (Lipinski definition) is 4. The first kappa shape index (κ1) is 22.6. The van der Waals surface area contributed by atoms with Gasteiger partial charge in [-0.2, -0.15) is 15.0 Å². The maximum absolute atomic E-state index is 14.3. The minimum Gasteiger partial charge on any atom is -0.343 e. The van der Waals surface area contributed by atoms with Crippen molar-refractivity contribution in [1.82, 2.24) is 25.2 Å². The number of carbonyl (C=O) groups excluding carboxylic acids is 2. The highest BCUT2D eigenvalue weighted by Gasteiger charge is 2.40. The van der Waals surface area contributed by atoms with Crippen molar-refractivity contribution < 1.29 is 14.0 Å². The van der Waals surface area contributed by atoms with Crippen LogP contribution in [0.4, 0.5) is 4.39 Å². The van der Waals surface area contributed by atoms with Gasteiger partial charge in [-0.15, -0.1) is 0 Å². The third-order valence-corrected chi connectivity index (χ3v) is 5.97. The summed E-state index contributed by atoms with van der Waals surface area (Å²) < 4.78 is 14.3. The van der Waals surface area contributed by atoms with Gasteiger partial charge in [0, 0.05) is 6.42 Å². The van der Waals surface area contributed by atoms with E-state index in [1.54, 1.807) is 0 Å². The van der Waals surface area contributed by atoms with Gasteiger partial charge in [-0.3, -0.25) is 9.59 Å². The number of nitrogens with zero attached hydrogens (tertiary/aromatic N) is 4. The van der Waals surface area contributed by atoms with Crippen molar-refractivity contribution in [3.05, 3.63) is 83.7 Å². The van der Waals surface area contributed by atoms with Gasteiger partial charge in [0.25, 0.3) is 0 Å². The van der Waals surface area contributed by atoms with Crippen LogP contribution in [0, 0.1) is 0 Å². The Morgan fingerprint density at radius 2 is 1.61 bits per heavy atom. The second kappa shape index (κ2) is 9.94. The molecule has 3 atom stereocenters. The van der Waals surface area contributed by atoms with Gasteiger partial charge in [0.05, 0.1) is 25.0 Å². The van der Waals surface area contributed by atoms with Gasteiger partial charge < -0.3 is 10.2 Å². The fraction of sp³-hybridized carbons (Fsp3) is 0.360. The normalized spacial score (nSPS) is 19.0. The number of nitrogens with one attached hydrogen (secondary N) is 1. The summed E-state index contributed by atoms with van der Waals surface area (Å²) in [5.41, 5.74) is 3.04. The molecule has 1 N–H and O–H groups in total. The average molecular weight is 450 g/mol. The van der Waals surface area contributed by atoms with E-state index in [2.05, 4.69) is 41.5 Å². The molecule has 1 fully saturated rings. The molecular weight excluding hydrogens is 421 g/mol. The van der Waals surface area contributed by atoms with Crippen molar-refractivity contribution in [1.29, 1.82) is 0 Å². The van der Waals surface area contributed by atoms with Crippen LogP contribution in [0.1, 0.15) is 48.9 Å². The lowest BCUT2D eigenvalue weighted by Gasteiger charge is -2.27. The average Bonchev–Trinajstić information content (AvgIpc) is 3.47. The van der Waals surface area contributed by atoms with Gasteiger partial charge in [-0.25, -0.2) is 4.39 Å². The highest BCUT2D eigenvalue weighted by molar-refractivity contribution is 5.88. The van der Waals surface area contributed by atoms with Crippen LogP contribution in [0.2, 0.25) is 0 Å². The number of aromatic nitrogens is 3. The highest BCUT2D eigenvalue weighted by atomic mass is 19.1. The molecule has 3 aromatic rings. The molecule has 4 rings (SSSR count). The zero-order valence-corrected chi connectivity index (χ0v) is 18.8. The third kappa shape index (κ3) is 5.27. The molecule has 172 valence electrons. The number of carbonyl (C=O) groups is 2. The topological polar surface area (TPSA) is 80.1 Å². The van der Waals surface area contributed by atoms with Crippen LogP contribution in [0.3, 0.4) is 0 Å². The number of benzene rings is 2. The van der Waals surface area contributed by atoms with Crippen LogP contribution in [-0.2, 0) is 16.1 Å².